The summed E-state index contributed by atoms with van der Waals surface area (Å²) in [6.07, 6.45) is 1.49. The summed E-state index contributed by atoms with van der Waals surface area (Å²) >= 11 is 0. The molecule has 2 aromatic carbocycles. The normalized spacial score (nSPS) is 13.6. The van der Waals surface area contributed by atoms with Crippen molar-refractivity contribution in [2.75, 3.05) is 18.1 Å². The van der Waals surface area contributed by atoms with Crippen molar-refractivity contribution < 1.29 is 37.1 Å². The van der Waals surface area contributed by atoms with Gasteiger partial charge in [0.1, 0.15) is 23.3 Å². The first-order valence-corrected chi connectivity index (χ1v) is 10.3. The Morgan fingerprint density at radius 1 is 1.15 bits per heavy atom. The van der Waals surface area contributed by atoms with Crippen molar-refractivity contribution in [3.05, 3.63) is 77.8 Å². The van der Waals surface area contributed by atoms with Crippen LogP contribution in [-0.4, -0.2) is 36.9 Å². The molecule has 3 aromatic rings. The van der Waals surface area contributed by atoms with Gasteiger partial charge in [0, 0.05) is 11.6 Å². The van der Waals surface area contributed by atoms with E-state index in [9.17, 15) is 23.2 Å². The summed E-state index contributed by atoms with van der Waals surface area (Å²) in [4.78, 5) is 39.2. The van der Waals surface area contributed by atoms with Gasteiger partial charge < -0.3 is 19.2 Å². The van der Waals surface area contributed by atoms with Crippen LogP contribution in [0.3, 0.4) is 0 Å². The van der Waals surface area contributed by atoms with Crippen molar-refractivity contribution in [1.82, 2.24) is 5.32 Å². The van der Waals surface area contributed by atoms with Crippen LogP contribution < -0.4 is 19.7 Å². The zero-order valence-electron chi connectivity index (χ0n) is 18.0. The number of benzene rings is 2. The minimum absolute atomic E-state index is 0.00722. The number of fused-ring (bicyclic) bond motifs is 1. The van der Waals surface area contributed by atoms with E-state index in [1.54, 1.807) is 19.1 Å². The number of hydrogen-bond donors (Lipinski definition) is 1. The van der Waals surface area contributed by atoms with Gasteiger partial charge in [-0.1, -0.05) is 0 Å². The number of carbonyl (C=O) groups is 3. The Morgan fingerprint density at radius 2 is 1.97 bits per heavy atom. The van der Waals surface area contributed by atoms with Gasteiger partial charge in [-0.05, 0) is 49.4 Å². The number of anilines is 1. The maximum atomic E-state index is 13.3. The molecule has 0 saturated carbocycles. The topological polar surface area (TPSA) is 98.1 Å². The molecule has 0 saturated heterocycles. The third kappa shape index (κ3) is 4.90. The largest absolute Gasteiger partial charge is 0.485 e. The highest BCUT2D eigenvalue weighted by molar-refractivity contribution is 6.05. The van der Waals surface area contributed by atoms with E-state index < -0.39 is 41.9 Å². The van der Waals surface area contributed by atoms with Gasteiger partial charge in [-0.15, -0.1) is 0 Å². The SMILES string of the molecule is CC(C(=O)NCc1ccco1)N1C(=O)COc2ccc(C(=O)COc3ccc(F)c(F)c3)cc21. The summed E-state index contributed by atoms with van der Waals surface area (Å²) in [6.45, 7) is 1.01. The standard InChI is InChI=1S/C24H20F2N2O6/c1-14(24(31)27-11-17-3-2-8-32-17)28-20-9-15(4-7-22(20)34-13-23(28)30)21(29)12-33-16-5-6-18(25)19(26)10-16/h2-10,14H,11-13H2,1H3,(H,27,31). The fourth-order valence-corrected chi connectivity index (χ4v) is 3.42. The Balaban J connectivity index is 1.49. The molecule has 4 rings (SSSR count). The fraction of sp³-hybridized carbons (Fsp3) is 0.208. The van der Waals surface area contributed by atoms with E-state index in [-0.39, 0.29) is 30.2 Å². The number of ketones is 1. The number of halogens is 2. The number of furan rings is 1. The summed E-state index contributed by atoms with van der Waals surface area (Å²) in [5.74, 6) is -2.57. The molecule has 1 N–H and O–H groups in total. The Hall–Kier alpha value is -4.21. The van der Waals surface area contributed by atoms with Gasteiger partial charge in [0.15, 0.2) is 30.6 Å². The first-order valence-electron chi connectivity index (χ1n) is 10.3. The molecule has 176 valence electrons. The molecule has 0 spiro atoms. The van der Waals surface area contributed by atoms with Crippen LogP contribution in [0.5, 0.6) is 11.5 Å². The molecular formula is C24H20F2N2O6. The predicted molar refractivity (Wildman–Crippen MR) is 116 cm³/mol. The smallest absolute Gasteiger partial charge is 0.265 e. The van der Waals surface area contributed by atoms with E-state index in [0.29, 0.717) is 11.5 Å². The van der Waals surface area contributed by atoms with Gasteiger partial charge >= 0.3 is 0 Å². The van der Waals surface area contributed by atoms with Crippen molar-refractivity contribution >= 4 is 23.3 Å². The molecule has 2 amide bonds. The molecule has 1 atom stereocenters. The maximum Gasteiger partial charge on any atom is 0.265 e. The second-order valence-electron chi connectivity index (χ2n) is 7.50. The second kappa shape index (κ2) is 9.74. The molecule has 10 heteroatoms. The molecule has 1 aliphatic heterocycles. The zero-order valence-corrected chi connectivity index (χ0v) is 18.0. The number of carbonyl (C=O) groups excluding carboxylic acids is 3. The van der Waals surface area contributed by atoms with Gasteiger partial charge in [-0.2, -0.15) is 0 Å². The molecule has 34 heavy (non-hydrogen) atoms. The molecule has 0 radical (unpaired) electrons. The van der Waals surface area contributed by atoms with Crippen molar-refractivity contribution in [3.8, 4) is 11.5 Å². The Morgan fingerprint density at radius 3 is 2.71 bits per heavy atom. The summed E-state index contributed by atoms with van der Waals surface area (Å²) in [5.41, 5.74) is 0.448. The van der Waals surface area contributed by atoms with Crippen LogP contribution in [-0.2, 0) is 16.1 Å². The Bertz CT molecular complexity index is 1230. The highest BCUT2D eigenvalue weighted by Crippen LogP contribution is 2.34. The van der Waals surface area contributed by atoms with Crippen LogP contribution in [0.1, 0.15) is 23.0 Å². The van der Waals surface area contributed by atoms with Gasteiger partial charge in [0.2, 0.25) is 5.91 Å². The minimum atomic E-state index is -1.09. The molecule has 8 nitrogen and oxygen atoms in total. The van der Waals surface area contributed by atoms with Gasteiger partial charge in [0.05, 0.1) is 18.5 Å². The monoisotopic (exact) mass is 470 g/mol. The highest BCUT2D eigenvalue weighted by atomic mass is 19.2. The van der Waals surface area contributed by atoms with Crippen LogP contribution in [0.15, 0.2) is 59.2 Å². The average molecular weight is 470 g/mol. The number of hydrogen-bond acceptors (Lipinski definition) is 6. The molecule has 1 unspecified atom stereocenters. The van der Waals surface area contributed by atoms with Crippen LogP contribution >= 0.6 is 0 Å². The van der Waals surface area contributed by atoms with Crippen LogP contribution in [0, 0.1) is 11.6 Å². The highest BCUT2D eigenvalue weighted by Gasteiger charge is 2.33. The van der Waals surface area contributed by atoms with Gasteiger partial charge in [-0.3, -0.25) is 19.3 Å². The van der Waals surface area contributed by atoms with Crippen molar-refractivity contribution in [1.29, 1.82) is 0 Å². The first-order chi connectivity index (χ1) is 16.3. The lowest BCUT2D eigenvalue weighted by molar-refractivity contribution is -0.127. The first kappa shape index (κ1) is 23.0. The van der Waals surface area contributed by atoms with Crippen LogP contribution in [0.4, 0.5) is 14.5 Å². The number of amides is 2. The summed E-state index contributed by atoms with van der Waals surface area (Å²) in [6, 6.07) is 9.89. The minimum Gasteiger partial charge on any atom is -0.485 e. The number of Topliss-reactive ketones (excluding diaryl/α,β-unsaturated/α-hetero) is 1. The number of ether oxygens (including phenoxy) is 2. The van der Waals surface area contributed by atoms with Crippen molar-refractivity contribution in [3.63, 3.8) is 0 Å². The van der Waals surface area contributed by atoms with E-state index in [0.717, 1.165) is 12.1 Å². The third-order valence-corrected chi connectivity index (χ3v) is 5.20. The number of rotatable bonds is 8. The third-order valence-electron chi connectivity index (χ3n) is 5.20. The molecule has 1 aliphatic rings. The van der Waals surface area contributed by atoms with Crippen LogP contribution in [0.2, 0.25) is 0 Å². The van der Waals surface area contributed by atoms with Gasteiger partial charge in [-0.25, -0.2) is 8.78 Å². The maximum absolute atomic E-state index is 13.3. The van der Waals surface area contributed by atoms with E-state index in [1.807, 2.05) is 0 Å². The Kier molecular flexibility index (Phi) is 6.58. The van der Waals surface area contributed by atoms with E-state index >= 15 is 0 Å². The number of nitrogens with one attached hydrogen (secondary N) is 1. The van der Waals surface area contributed by atoms with E-state index in [1.165, 1.54) is 35.4 Å². The number of nitrogens with zero attached hydrogens (tertiary/aromatic N) is 1. The van der Waals surface area contributed by atoms with Crippen molar-refractivity contribution in [2.24, 2.45) is 0 Å². The molecule has 0 fully saturated rings. The summed E-state index contributed by atoms with van der Waals surface area (Å²) in [5, 5.41) is 2.71. The average Bonchev–Trinajstić information content (AvgIpc) is 3.36. The quantitative estimate of drug-likeness (QED) is 0.508. The molecule has 0 aliphatic carbocycles. The van der Waals surface area contributed by atoms with Crippen LogP contribution in [0.25, 0.3) is 0 Å². The van der Waals surface area contributed by atoms with Crippen molar-refractivity contribution in [2.45, 2.75) is 19.5 Å². The second-order valence-corrected chi connectivity index (χ2v) is 7.50. The fourth-order valence-electron chi connectivity index (χ4n) is 3.42. The molecule has 2 heterocycles. The summed E-state index contributed by atoms with van der Waals surface area (Å²) < 4.78 is 42.3. The lowest BCUT2D eigenvalue weighted by Crippen LogP contribution is -2.51. The lowest BCUT2D eigenvalue weighted by Gasteiger charge is -2.33. The predicted octanol–water partition coefficient (Wildman–Crippen LogP) is 3.25. The van der Waals surface area contributed by atoms with E-state index in [2.05, 4.69) is 5.32 Å². The van der Waals surface area contributed by atoms with E-state index in [4.69, 9.17) is 13.9 Å². The Labute approximate surface area is 193 Å². The molecular weight excluding hydrogens is 450 g/mol. The lowest BCUT2D eigenvalue weighted by atomic mass is 10.1. The molecule has 0 bridgehead atoms. The van der Waals surface area contributed by atoms with Gasteiger partial charge in [0.25, 0.3) is 5.91 Å². The zero-order chi connectivity index (χ0) is 24.2. The summed E-state index contributed by atoms with van der Waals surface area (Å²) in [7, 11) is 0. The molecule has 1 aromatic heterocycles.